The van der Waals surface area contributed by atoms with Gasteiger partial charge in [0.1, 0.15) is 5.92 Å². The molecule has 0 N–H and O–H groups in total. The predicted octanol–water partition coefficient (Wildman–Crippen LogP) is 5.10. The molecule has 2 aromatic carbocycles. The molecule has 2 heterocycles. The van der Waals surface area contributed by atoms with E-state index in [9.17, 15) is 14.4 Å². The van der Waals surface area contributed by atoms with Gasteiger partial charge in [0.2, 0.25) is 5.78 Å². The van der Waals surface area contributed by atoms with Crippen LogP contribution in [0.5, 0.6) is 0 Å². The molecule has 0 bridgehead atoms. The van der Waals surface area contributed by atoms with E-state index in [1.807, 2.05) is 43.3 Å². The molecule has 2 atom stereocenters. The van der Waals surface area contributed by atoms with Gasteiger partial charge >= 0.3 is 0 Å². The van der Waals surface area contributed by atoms with Gasteiger partial charge in [0.15, 0.2) is 11.6 Å². The van der Waals surface area contributed by atoms with Crippen molar-refractivity contribution in [2.45, 2.75) is 39.7 Å². The van der Waals surface area contributed by atoms with Gasteiger partial charge in [0.05, 0.1) is 11.7 Å². The van der Waals surface area contributed by atoms with Crippen molar-refractivity contribution in [2.24, 2.45) is 5.92 Å². The highest BCUT2D eigenvalue weighted by molar-refractivity contribution is 6.48. The number of anilines is 1. The fraction of sp³-hybridized carbons (Fsp3) is 0.250. The number of benzene rings is 2. The maximum Gasteiger partial charge on any atom is 0.297 e. The number of aromatic nitrogens is 2. The molecule has 0 aliphatic carbocycles. The Labute approximate surface area is 199 Å². The summed E-state index contributed by atoms with van der Waals surface area (Å²) in [6.45, 7) is 11.8. The number of hydrogen-bond acceptors (Lipinski definition) is 5. The summed E-state index contributed by atoms with van der Waals surface area (Å²) in [5.41, 5.74) is 4.67. The summed E-state index contributed by atoms with van der Waals surface area (Å²) in [7, 11) is 0. The van der Waals surface area contributed by atoms with E-state index in [1.165, 1.54) is 4.90 Å². The van der Waals surface area contributed by atoms with Crippen LogP contribution in [0.2, 0.25) is 0 Å². The van der Waals surface area contributed by atoms with Crippen molar-refractivity contribution in [3.8, 4) is 0 Å². The Bertz CT molecular complexity index is 1260. The number of rotatable bonds is 6. The van der Waals surface area contributed by atoms with Crippen LogP contribution < -0.4 is 4.90 Å². The second-order valence-corrected chi connectivity index (χ2v) is 9.04. The van der Waals surface area contributed by atoms with E-state index < -0.39 is 23.7 Å². The third-order valence-electron chi connectivity index (χ3n) is 6.23. The number of aryl methyl sites for hydroxylation is 1. The van der Waals surface area contributed by atoms with Crippen molar-refractivity contribution >= 4 is 28.9 Å². The zero-order chi connectivity index (χ0) is 24.6. The molecule has 1 aliphatic heterocycles. The van der Waals surface area contributed by atoms with Crippen LogP contribution in [0.25, 0.3) is 5.57 Å². The Morgan fingerprint density at radius 3 is 2.06 bits per heavy atom. The molecule has 1 aromatic heterocycles. The monoisotopic (exact) mass is 453 g/mol. The van der Waals surface area contributed by atoms with Gasteiger partial charge < -0.3 is 0 Å². The second-order valence-electron chi connectivity index (χ2n) is 9.04. The normalized spacial score (nSPS) is 18.0. The Hall–Kier alpha value is -3.93. The van der Waals surface area contributed by atoms with Crippen molar-refractivity contribution < 1.29 is 14.4 Å². The predicted molar refractivity (Wildman–Crippen MR) is 132 cm³/mol. The van der Waals surface area contributed by atoms with Crippen LogP contribution in [0.15, 0.2) is 67.2 Å². The number of ketones is 2. The Morgan fingerprint density at radius 2 is 1.53 bits per heavy atom. The molecular weight excluding hydrogens is 426 g/mol. The SMILES string of the molecule is C=C(C)c1ccc(C2C(C(=O)c3ccc(C(C)C)cc3)C(=O)C(=O)N2c2ccc(C)nn2)cc1. The van der Waals surface area contributed by atoms with Crippen LogP contribution in [-0.2, 0) is 9.59 Å². The third kappa shape index (κ3) is 4.19. The van der Waals surface area contributed by atoms with Gasteiger partial charge in [-0.25, -0.2) is 0 Å². The molecule has 4 rings (SSSR count). The molecular formula is C28H27N3O3. The fourth-order valence-electron chi connectivity index (χ4n) is 4.22. The molecule has 0 radical (unpaired) electrons. The molecule has 0 saturated carbocycles. The quantitative estimate of drug-likeness (QED) is 0.295. The van der Waals surface area contributed by atoms with Gasteiger partial charge in [-0.2, -0.15) is 5.10 Å². The standard InChI is InChI=1S/C28H27N3O3/c1-16(2)19-7-11-21(12-8-19)25-24(26(32)22-13-9-20(10-14-22)17(3)4)27(33)28(34)31(25)23-15-6-18(5)29-30-23/h6-15,17,24-25H,1H2,2-5H3. The zero-order valence-corrected chi connectivity index (χ0v) is 19.8. The van der Waals surface area contributed by atoms with E-state index in [4.69, 9.17) is 0 Å². The molecule has 2 unspecified atom stereocenters. The van der Waals surface area contributed by atoms with Gasteiger partial charge in [-0.1, -0.05) is 74.5 Å². The summed E-state index contributed by atoms with van der Waals surface area (Å²) < 4.78 is 0. The Balaban J connectivity index is 1.81. The van der Waals surface area contributed by atoms with Crippen molar-refractivity contribution in [3.63, 3.8) is 0 Å². The van der Waals surface area contributed by atoms with E-state index in [0.29, 0.717) is 22.7 Å². The number of nitrogens with zero attached hydrogens (tertiary/aromatic N) is 3. The molecule has 1 saturated heterocycles. The molecule has 6 heteroatoms. The summed E-state index contributed by atoms with van der Waals surface area (Å²) in [5, 5.41) is 8.19. The van der Waals surface area contributed by atoms with E-state index in [2.05, 4.69) is 30.6 Å². The van der Waals surface area contributed by atoms with Crippen LogP contribution in [0.1, 0.15) is 65.5 Å². The molecule has 6 nitrogen and oxygen atoms in total. The van der Waals surface area contributed by atoms with Crippen molar-refractivity contribution in [1.29, 1.82) is 0 Å². The first kappa shape index (κ1) is 23.2. The van der Waals surface area contributed by atoms with Gasteiger partial charge in [-0.15, -0.1) is 5.10 Å². The molecule has 1 aliphatic rings. The first-order valence-corrected chi connectivity index (χ1v) is 11.3. The lowest BCUT2D eigenvalue weighted by atomic mass is 9.85. The van der Waals surface area contributed by atoms with E-state index in [0.717, 1.165) is 16.7 Å². The van der Waals surface area contributed by atoms with Crippen LogP contribution in [-0.4, -0.2) is 27.7 Å². The lowest BCUT2D eigenvalue weighted by Crippen LogP contribution is -2.31. The minimum atomic E-state index is -1.18. The van der Waals surface area contributed by atoms with Crippen LogP contribution in [0.3, 0.4) is 0 Å². The molecule has 1 amide bonds. The number of carbonyl (C=O) groups is 3. The average Bonchev–Trinajstić information content (AvgIpc) is 3.09. The molecule has 1 fully saturated rings. The van der Waals surface area contributed by atoms with Crippen LogP contribution in [0.4, 0.5) is 5.82 Å². The Morgan fingerprint density at radius 1 is 0.912 bits per heavy atom. The van der Waals surface area contributed by atoms with E-state index >= 15 is 0 Å². The smallest absolute Gasteiger partial charge is 0.293 e. The number of allylic oxidation sites excluding steroid dienone is 1. The number of amides is 1. The summed E-state index contributed by atoms with van der Waals surface area (Å²) in [4.78, 5) is 41.3. The molecule has 34 heavy (non-hydrogen) atoms. The first-order chi connectivity index (χ1) is 16.2. The third-order valence-corrected chi connectivity index (χ3v) is 6.23. The summed E-state index contributed by atoms with van der Waals surface area (Å²) in [6.07, 6.45) is 0. The maximum atomic E-state index is 13.6. The molecule has 3 aromatic rings. The van der Waals surface area contributed by atoms with Gasteiger partial charge in [-0.3, -0.25) is 19.3 Å². The number of Topliss-reactive ketones (excluding diaryl/α,β-unsaturated/α-hetero) is 2. The van der Waals surface area contributed by atoms with Crippen molar-refractivity contribution in [2.75, 3.05) is 4.90 Å². The maximum absolute atomic E-state index is 13.6. The highest BCUT2D eigenvalue weighted by atomic mass is 16.2. The number of hydrogen-bond donors (Lipinski definition) is 0. The average molecular weight is 454 g/mol. The first-order valence-electron chi connectivity index (χ1n) is 11.3. The molecule has 172 valence electrons. The van der Waals surface area contributed by atoms with E-state index in [1.54, 1.807) is 31.2 Å². The van der Waals surface area contributed by atoms with Crippen LogP contribution >= 0.6 is 0 Å². The van der Waals surface area contributed by atoms with Gasteiger partial charge in [-0.05, 0) is 48.6 Å². The second kappa shape index (κ2) is 9.14. The fourth-order valence-corrected chi connectivity index (χ4v) is 4.22. The zero-order valence-electron chi connectivity index (χ0n) is 19.8. The van der Waals surface area contributed by atoms with Crippen molar-refractivity contribution in [3.05, 3.63) is 95.2 Å². The lowest BCUT2D eigenvalue weighted by Gasteiger charge is -2.26. The van der Waals surface area contributed by atoms with Gasteiger partial charge in [0.25, 0.3) is 5.91 Å². The minimum Gasteiger partial charge on any atom is -0.293 e. The van der Waals surface area contributed by atoms with Crippen molar-refractivity contribution in [1.82, 2.24) is 10.2 Å². The summed E-state index contributed by atoms with van der Waals surface area (Å²) in [5.74, 6) is -2.52. The lowest BCUT2D eigenvalue weighted by molar-refractivity contribution is -0.135. The summed E-state index contributed by atoms with van der Waals surface area (Å²) in [6, 6.07) is 17.2. The topological polar surface area (TPSA) is 80.2 Å². The highest BCUT2D eigenvalue weighted by Gasteiger charge is 2.52. The highest BCUT2D eigenvalue weighted by Crippen LogP contribution is 2.40. The van der Waals surface area contributed by atoms with Crippen LogP contribution in [0, 0.1) is 12.8 Å². The van der Waals surface area contributed by atoms with E-state index in [-0.39, 0.29) is 11.6 Å². The molecule has 0 spiro atoms. The largest absolute Gasteiger partial charge is 0.297 e. The number of carbonyl (C=O) groups excluding carboxylic acids is 3. The summed E-state index contributed by atoms with van der Waals surface area (Å²) >= 11 is 0. The Kier molecular flexibility index (Phi) is 6.24. The van der Waals surface area contributed by atoms with Gasteiger partial charge in [0, 0.05) is 5.56 Å². The minimum absolute atomic E-state index is 0.239.